The summed E-state index contributed by atoms with van der Waals surface area (Å²) in [5, 5.41) is 19.4. The Kier molecular flexibility index (Phi) is 19.8. The molecule has 350 valence electrons. The summed E-state index contributed by atoms with van der Waals surface area (Å²) in [5.41, 5.74) is 9.23. The molecule has 64 heavy (non-hydrogen) atoms. The lowest BCUT2D eigenvalue weighted by molar-refractivity contribution is -0.138. The van der Waals surface area contributed by atoms with Gasteiger partial charge in [-0.05, 0) is 74.0 Å². The predicted molar refractivity (Wildman–Crippen MR) is 247 cm³/mol. The average molecular weight is 886 g/mol. The van der Waals surface area contributed by atoms with Crippen LogP contribution in [0.3, 0.4) is 0 Å². The molecule has 0 saturated carbocycles. The first-order valence-corrected chi connectivity index (χ1v) is 23.2. The number of aromatic amines is 1. The van der Waals surface area contributed by atoms with E-state index in [4.69, 9.17) is 5.73 Å². The largest absolute Gasteiger partial charge is 0.480 e. The lowest BCUT2D eigenvalue weighted by Gasteiger charge is -2.35. The Morgan fingerprint density at radius 3 is 1.95 bits per heavy atom. The molecule has 2 fully saturated rings. The normalized spacial score (nSPS) is 19.7. The van der Waals surface area contributed by atoms with Crippen LogP contribution in [0.2, 0.25) is 0 Å². The van der Waals surface area contributed by atoms with E-state index < -0.39 is 29.8 Å². The van der Waals surface area contributed by atoms with E-state index in [2.05, 4.69) is 35.6 Å². The van der Waals surface area contributed by atoms with Crippen molar-refractivity contribution >= 4 is 46.3 Å². The molecule has 2 aliphatic heterocycles. The van der Waals surface area contributed by atoms with Crippen molar-refractivity contribution < 1.29 is 33.9 Å². The van der Waals surface area contributed by atoms with Crippen molar-refractivity contribution in [1.82, 2.24) is 40.5 Å². The Morgan fingerprint density at radius 2 is 1.34 bits per heavy atom. The van der Waals surface area contributed by atoms with E-state index in [0.717, 1.165) is 106 Å². The van der Waals surface area contributed by atoms with Gasteiger partial charge in [-0.15, -0.1) is 0 Å². The van der Waals surface area contributed by atoms with E-state index in [1.54, 1.807) is 0 Å². The van der Waals surface area contributed by atoms with Crippen LogP contribution in [0.25, 0.3) is 10.9 Å². The number of benzene rings is 2. The third-order valence-electron chi connectivity index (χ3n) is 12.9. The van der Waals surface area contributed by atoms with Gasteiger partial charge >= 0.3 is 5.97 Å². The first kappa shape index (κ1) is 49.8. The highest BCUT2D eigenvalue weighted by Gasteiger charge is 2.32. The van der Waals surface area contributed by atoms with Crippen LogP contribution in [0.15, 0.2) is 54.7 Å². The number of para-hydroxylation sites is 1. The lowest BCUT2D eigenvalue weighted by Crippen LogP contribution is -2.48. The number of aliphatic carboxylic acids is 1. The number of hydrogen-bond donors (Lipinski definition) is 6. The molecule has 4 amide bonds. The van der Waals surface area contributed by atoms with Gasteiger partial charge in [0.1, 0.15) is 0 Å². The van der Waals surface area contributed by atoms with Gasteiger partial charge in [-0.25, -0.2) is 0 Å². The molecule has 2 aromatic carbocycles. The maximum absolute atomic E-state index is 13.9. The molecule has 3 unspecified atom stereocenters. The zero-order valence-corrected chi connectivity index (χ0v) is 38.1. The molecule has 2 bridgehead atoms. The number of nitrogens with zero attached hydrogens (tertiary/aromatic N) is 4. The number of hydrogen-bond acceptors (Lipinski definition) is 10. The lowest BCUT2D eigenvalue weighted by atomic mass is 9.87. The van der Waals surface area contributed by atoms with E-state index in [-0.39, 0.29) is 61.8 Å². The quantitative estimate of drug-likeness (QED) is 0.0916. The Bertz CT molecular complexity index is 2010. The van der Waals surface area contributed by atoms with Crippen molar-refractivity contribution in [3.8, 4) is 0 Å². The summed E-state index contributed by atoms with van der Waals surface area (Å²) in [6.07, 6.45) is 4.79. The fourth-order valence-electron chi connectivity index (χ4n) is 8.66. The van der Waals surface area contributed by atoms with Crippen LogP contribution in [0.5, 0.6) is 0 Å². The highest BCUT2D eigenvalue weighted by atomic mass is 16.4. The highest BCUT2D eigenvalue weighted by molar-refractivity contribution is 5.93. The van der Waals surface area contributed by atoms with Gasteiger partial charge in [-0.1, -0.05) is 69.7 Å². The Hall–Kier alpha value is -5.16. The van der Waals surface area contributed by atoms with Crippen LogP contribution >= 0.6 is 0 Å². The van der Waals surface area contributed by atoms with Crippen LogP contribution in [0.4, 0.5) is 0 Å². The fraction of sp³-hybridized carbons (Fsp3) is 0.583. The molecule has 0 aliphatic carbocycles. The van der Waals surface area contributed by atoms with Crippen LogP contribution < -0.4 is 21.7 Å². The van der Waals surface area contributed by atoms with Crippen LogP contribution in [0, 0.1) is 17.8 Å². The predicted octanol–water partition coefficient (Wildman–Crippen LogP) is 2.75. The first-order chi connectivity index (χ1) is 30.8. The maximum atomic E-state index is 13.9. The Morgan fingerprint density at radius 1 is 0.750 bits per heavy atom. The number of fused-ring (bicyclic) bond motifs is 4. The zero-order valence-electron chi connectivity index (χ0n) is 38.1. The molecule has 2 saturated heterocycles. The molecular formula is C48H71N9O7. The summed E-state index contributed by atoms with van der Waals surface area (Å²) in [6.45, 7) is 15.1. The molecule has 16 nitrogen and oxygen atoms in total. The highest BCUT2D eigenvalue weighted by Crippen LogP contribution is 2.23. The van der Waals surface area contributed by atoms with Crippen molar-refractivity contribution in [2.45, 2.75) is 84.8 Å². The van der Waals surface area contributed by atoms with E-state index in [9.17, 15) is 33.9 Å². The summed E-state index contributed by atoms with van der Waals surface area (Å²) in [7, 11) is 0. The van der Waals surface area contributed by atoms with Gasteiger partial charge in [0.15, 0.2) is 5.78 Å². The van der Waals surface area contributed by atoms with E-state index in [1.165, 1.54) is 0 Å². The average Bonchev–Trinajstić information content (AvgIpc) is 3.69. The van der Waals surface area contributed by atoms with Crippen molar-refractivity contribution in [2.75, 3.05) is 78.5 Å². The molecule has 0 radical (unpaired) electrons. The number of aromatic nitrogens is 1. The Labute approximate surface area is 378 Å². The van der Waals surface area contributed by atoms with Gasteiger partial charge < -0.3 is 41.6 Å². The number of carboxylic acids is 1. The van der Waals surface area contributed by atoms with E-state index in [1.807, 2.05) is 80.4 Å². The second-order valence-corrected chi connectivity index (χ2v) is 17.9. The number of H-pyrrole nitrogens is 1. The molecule has 3 heterocycles. The van der Waals surface area contributed by atoms with Crippen LogP contribution in [-0.4, -0.2) is 150 Å². The maximum Gasteiger partial charge on any atom is 0.317 e. The topological polar surface area (TPSA) is 214 Å². The van der Waals surface area contributed by atoms with Crippen LogP contribution in [0.1, 0.15) is 76.0 Å². The smallest absolute Gasteiger partial charge is 0.317 e. The molecule has 6 atom stereocenters. The van der Waals surface area contributed by atoms with Gasteiger partial charge in [0, 0.05) is 101 Å². The number of rotatable bonds is 21. The number of carbonyl (C=O) groups is 6. The molecule has 3 aromatic rings. The van der Waals surface area contributed by atoms with Crippen molar-refractivity contribution in [3.63, 3.8) is 0 Å². The summed E-state index contributed by atoms with van der Waals surface area (Å²) in [6, 6.07) is 14.7. The number of ketones is 1. The van der Waals surface area contributed by atoms with Gasteiger partial charge in [0.05, 0.1) is 19.1 Å². The molecule has 0 spiro atoms. The standard InChI is InChI=1S/C48H71N9O7/c1-4-34(2)46(53-47(63)35(3)27-39-31-50-41-10-6-5-9-40(39)41)42(58)28-38(15-16-43(49)59)48(64)52-30-37-13-11-36(12-14-37)29-51-44(60)32-56-19-7-17-55-22-21-54(23-25-56)18-8-20-57(26-24-55)33-45(61)62/h5-6,9-14,31,34-35,38,46,50H,4,7-8,15-30,32-33H2,1-3H3,(H2,49,59)(H,51,60)(H,52,64)(H,53,63)(H,61,62)/t34?,35-,38+,46-/m0/s1. The molecule has 7 N–H and O–H groups in total. The minimum atomic E-state index is -0.812. The van der Waals surface area contributed by atoms with Gasteiger partial charge in [0.25, 0.3) is 0 Å². The Balaban J connectivity index is 1.09. The van der Waals surface area contributed by atoms with E-state index in [0.29, 0.717) is 25.9 Å². The summed E-state index contributed by atoms with van der Waals surface area (Å²) in [4.78, 5) is 89.6. The summed E-state index contributed by atoms with van der Waals surface area (Å²) < 4.78 is 0. The van der Waals surface area contributed by atoms with Crippen molar-refractivity contribution in [1.29, 1.82) is 0 Å². The number of amides is 4. The second-order valence-electron chi connectivity index (χ2n) is 17.9. The SMILES string of the molecule is CCC(C)[C@H](NC(=O)[C@@H](C)Cc1c[nH]c2ccccc12)C(=O)C[C@@H](CCC(N)=O)C(=O)NCc1ccc(CNC(=O)CN2CCCN3CCN(CCCN(CC(=O)O)CC3)CC2)cc1. The number of carboxylic acid groups (broad SMARTS) is 1. The molecular weight excluding hydrogens is 815 g/mol. The van der Waals surface area contributed by atoms with Gasteiger partial charge in [-0.3, -0.25) is 38.6 Å². The number of nitrogens with two attached hydrogens (primary N) is 1. The third-order valence-corrected chi connectivity index (χ3v) is 12.9. The molecule has 1 aromatic heterocycles. The fourth-order valence-corrected chi connectivity index (χ4v) is 8.66. The second kappa shape index (κ2) is 25.4. The summed E-state index contributed by atoms with van der Waals surface area (Å²) in [5.74, 6) is -3.66. The van der Waals surface area contributed by atoms with Crippen molar-refractivity contribution in [2.24, 2.45) is 23.5 Å². The first-order valence-electron chi connectivity index (χ1n) is 23.2. The minimum Gasteiger partial charge on any atom is -0.480 e. The third kappa shape index (κ3) is 16.1. The molecule has 16 heteroatoms. The van der Waals surface area contributed by atoms with E-state index >= 15 is 0 Å². The monoisotopic (exact) mass is 886 g/mol. The van der Waals surface area contributed by atoms with Crippen molar-refractivity contribution in [3.05, 3.63) is 71.4 Å². The summed E-state index contributed by atoms with van der Waals surface area (Å²) >= 11 is 0. The molecule has 5 rings (SSSR count). The number of nitrogens with one attached hydrogen (secondary N) is 4. The van der Waals surface area contributed by atoms with Gasteiger partial charge in [0.2, 0.25) is 23.6 Å². The zero-order chi connectivity index (χ0) is 46.0. The number of primary amides is 1. The minimum absolute atomic E-state index is 0.0473. The molecule has 2 aliphatic rings. The number of carbonyl (C=O) groups excluding carboxylic acids is 5. The van der Waals surface area contributed by atoms with Gasteiger partial charge in [-0.2, -0.15) is 0 Å². The number of Topliss-reactive ketones (excluding diaryl/α,β-unsaturated/α-hetero) is 1. The van der Waals surface area contributed by atoms with Crippen LogP contribution in [-0.2, 0) is 48.3 Å².